The Bertz CT molecular complexity index is 1730. The molecule has 49 heavy (non-hydrogen) atoms. The maximum Gasteiger partial charge on any atom is 0.456 e. The molecule has 1 saturated heterocycles. The highest BCUT2D eigenvalue weighted by atomic mass is 19.4. The van der Waals surface area contributed by atoms with Crippen LogP contribution in [0, 0.1) is 17.3 Å². The molecule has 1 aliphatic heterocycles. The van der Waals surface area contributed by atoms with E-state index in [1.807, 2.05) is 6.07 Å². The second-order valence-electron chi connectivity index (χ2n) is 14.5. The summed E-state index contributed by atoms with van der Waals surface area (Å²) in [5.41, 5.74) is -0.509. The molecule has 11 heteroatoms. The molecule has 4 aliphatic carbocycles. The fourth-order valence-electron chi connectivity index (χ4n) is 9.63. The van der Waals surface area contributed by atoms with Crippen molar-refractivity contribution in [1.82, 2.24) is 9.80 Å². The van der Waals surface area contributed by atoms with Gasteiger partial charge < -0.3 is 14.9 Å². The predicted octanol–water partition coefficient (Wildman–Crippen LogP) is 7.11. The van der Waals surface area contributed by atoms with Gasteiger partial charge >= 0.3 is 12.1 Å². The van der Waals surface area contributed by atoms with Crippen molar-refractivity contribution in [3.05, 3.63) is 94.1 Å². The van der Waals surface area contributed by atoms with Gasteiger partial charge in [0.05, 0.1) is 0 Å². The molecule has 2 saturated carbocycles. The van der Waals surface area contributed by atoms with Crippen LogP contribution in [0.5, 0.6) is 0 Å². The van der Waals surface area contributed by atoms with E-state index in [-0.39, 0.29) is 36.4 Å². The highest BCUT2D eigenvalue weighted by Gasteiger charge is 2.79. The van der Waals surface area contributed by atoms with Crippen molar-refractivity contribution in [2.75, 3.05) is 26.2 Å². The van der Waals surface area contributed by atoms with Crippen molar-refractivity contribution in [1.29, 1.82) is 0 Å². The standard InChI is InChI=1S/C38H39F5N2O4/c1-35-22-30(23-7-9-25(10-8-23)34(48)45-19-17-44(18-20-45)33(47)24-5-3-2-4-6-24)32-28-14-12-27(46)21-26(28)11-13-29(32)31(35)15-16-36(35,49)37(39,40)38(41,42)43/h2-10,21,29-31,49H,11-20,22H2,1H3/t29-,30+,31-,35-,36+/m0/s1. The van der Waals surface area contributed by atoms with Crippen LogP contribution in [0.2, 0.25) is 0 Å². The number of fused-ring (bicyclic) bond motifs is 4. The minimum absolute atomic E-state index is 0.0168. The topological polar surface area (TPSA) is 77.9 Å². The number of carbonyl (C=O) groups excluding carboxylic acids is 3. The third-order valence-electron chi connectivity index (χ3n) is 12.2. The van der Waals surface area contributed by atoms with Gasteiger partial charge in [0.25, 0.3) is 11.8 Å². The van der Waals surface area contributed by atoms with Crippen LogP contribution < -0.4 is 0 Å². The lowest BCUT2D eigenvalue weighted by molar-refractivity contribution is -0.362. The number of hydrogen-bond donors (Lipinski definition) is 1. The van der Waals surface area contributed by atoms with Gasteiger partial charge in [0, 0.05) is 55.1 Å². The number of amides is 2. The first-order chi connectivity index (χ1) is 23.2. The van der Waals surface area contributed by atoms with E-state index in [0.29, 0.717) is 68.6 Å². The van der Waals surface area contributed by atoms with Crippen molar-refractivity contribution in [3.8, 4) is 0 Å². The molecule has 260 valence electrons. The maximum atomic E-state index is 15.3. The first-order valence-electron chi connectivity index (χ1n) is 17.0. The summed E-state index contributed by atoms with van der Waals surface area (Å²) < 4.78 is 72.2. The lowest BCUT2D eigenvalue weighted by atomic mass is 9.50. The van der Waals surface area contributed by atoms with Gasteiger partial charge in [0.1, 0.15) is 5.60 Å². The van der Waals surface area contributed by atoms with Gasteiger partial charge in [-0.1, -0.05) is 42.8 Å². The number of carbonyl (C=O) groups is 3. The average Bonchev–Trinajstić information content (AvgIpc) is 3.38. The molecule has 0 radical (unpaired) electrons. The average molecular weight is 683 g/mol. The monoisotopic (exact) mass is 682 g/mol. The zero-order valence-electron chi connectivity index (χ0n) is 27.2. The summed E-state index contributed by atoms with van der Waals surface area (Å²) in [5, 5.41) is 11.5. The molecule has 7 rings (SSSR count). The molecule has 1 N–H and O–H groups in total. The van der Waals surface area contributed by atoms with Crippen molar-refractivity contribution in [2.45, 2.75) is 75.5 Å². The van der Waals surface area contributed by atoms with Crippen LogP contribution in [0.4, 0.5) is 22.0 Å². The Balaban J connectivity index is 1.18. The summed E-state index contributed by atoms with van der Waals surface area (Å²) in [4.78, 5) is 42.1. The first-order valence-corrected chi connectivity index (χ1v) is 17.0. The summed E-state index contributed by atoms with van der Waals surface area (Å²) in [6.45, 7) is 2.84. The van der Waals surface area contributed by atoms with Crippen LogP contribution in [0.15, 0.2) is 77.4 Å². The zero-order chi connectivity index (χ0) is 34.9. The molecule has 2 aromatic rings. The fraction of sp³-hybridized carbons (Fsp3) is 0.500. The molecule has 2 aromatic carbocycles. The van der Waals surface area contributed by atoms with E-state index in [0.717, 1.165) is 16.7 Å². The third-order valence-corrected chi connectivity index (χ3v) is 12.2. The van der Waals surface area contributed by atoms with Gasteiger partial charge in [0.15, 0.2) is 5.78 Å². The van der Waals surface area contributed by atoms with Crippen molar-refractivity contribution < 1.29 is 41.4 Å². The van der Waals surface area contributed by atoms with Gasteiger partial charge in [-0.15, -0.1) is 0 Å². The smallest absolute Gasteiger partial charge is 0.383 e. The molecule has 0 aromatic heterocycles. The minimum atomic E-state index is -5.91. The van der Waals surface area contributed by atoms with Crippen LogP contribution in [-0.2, 0) is 4.79 Å². The molecule has 5 aliphatic rings. The van der Waals surface area contributed by atoms with E-state index in [1.54, 1.807) is 64.4 Å². The van der Waals surface area contributed by atoms with Crippen LogP contribution >= 0.6 is 0 Å². The van der Waals surface area contributed by atoms with E-state index in [4.69, 9.17) is 0 Å². The quantitative estimate of drug-likeness (QED) is 0.349. The normalized spacial score (nSPS) is 30.4. The van der Waals surface area contributed by atoms with Gasteiger partial charge in [-0.3, -0.25) is 14.4 Å². The van der Waals surface area contributed by atoms with Gasteiger partial charge in [-0.25, -0.2) is 0 Å². The third kappa shape index (κ3) is 5.25. The van der Waals surface area contributed by atoms with Crippen molar-refractivity contribution in [3.63, 3.8) is 0 Å². The molecule has 6 nitrogen and oxygen atoms in total. The lowest BCUT2D eigenvalue weighted by Crippen LogP contribution is -2.65. The first kappa shape index (κ1) is 33.6. The van der Waals surface area contributed by atoms with E-state index >= 15 is 8.78 Å². The summed E-state index contributed by atoms with van der Waals surface area (Å²) in [6.07, 6.45) is -3.20. The Labute approximate surface area is 281 Å². The Morgan fingerprint density at radius 2 is 1.41 bits per heavy atom. The van der Waals surface area contributed by atoms with Crippen LogP contribution in [0.25, 0.3) is 0 Å². The molecule has 2 amide bonds. The Morgan fingerprint density at radius 1 is 0.816 bits per heavy atom. The molecule has 3 fully saturated rings. The zero-order valence-corrected chi connectivity index (χ0v) is 27.2. The molecular formula is C38H39F5N2O4. The van der Waals surface area contributed by atoms with E-state index < -0.39 is 41.4 Å². The van der Waals surface area contributed by atoms with E-state index in [1.165, 1.54) is 6.92 Å². The van der Waals surface area contributed by atoms with Crippen molar-refractivity contribution in [2.24, 2.45) is 17.3 Å². The fourth-order valence-corrected chi connectivity index (χ4v) is 9.63. The number of hydrogen-bond acceptors (Lipinski definition) is 4. The number of aliphatic hydroxyl groups is 1. The van der Waals surface area contributed by atoms with Crippen LogP contribution in [0.3, 0.4) is 0 Å². The number of piperazine rings is 1. The maximum absolute atomic E-state index is 15.3. The van der Waals surface area contributed by atoms with Crippen LogP contribution in [-0.4, -0.2) is 76.4 Å². The Hall–Kier alpha value is -3.86. The summed E-state index contributed by atoms with van der Waals surface area (Å²) in [7, 11) is 0. The highest BCUT2D eigenvalue weighted by Crippen LogP contribution is 2.70. The predicted molar refractivity (Wildman–Crippen MR) is 171 cm³/mol. The van der Waals surface area contributed by atoms with Gasteiger partial charge in [0.2, 0.25) is 0 Å². The largest absolute Gasteiger partial charge is 0.456 e. The van der Waals surface area contributed by atoms with Crippen LogP contribution in [0.1, 0.15) is 84.1 Å². The van der Waals surface area contributed by atoms with E-state index in [9.17, 15) is 32.7 Å². The summed E-state index contributed by atoms with van der Waals surface area (Å²) >= 11 is 0. The SMILES string of the molecule is C[C@]12C[C@H](c3ccc(C(=O)N4CCN(C(=O)c5ccccc5)CC4)cc3)C3=C4CCC(=O)C=C4CC[C@H]3[C@@H]1CC[C@]2(O)C(F)(F)C(F)(F)F. The highest BCUT2D eigenvalue weighted by molar-refractivity contribution is 5.96. The summed E-state index contributed by atoms with van der Waals surface area (Å²) in [5.74, 6) is -7.10. The Morgan fingerprint density at radius 3 is 2.00 bits per heavy atom. The number of rotatable bonds is 4. The molecule has 5 atom stereocenters. The molecule has 0 unspecified atom stereocenters. The van der Waals surface area contributed by atoms with Crippen molar-refractivity contribution >= 4 is 17.6 Å². The van der Waals surface area contributed by atoms with Gasteiger partial charge in [-0.2, -0.15) is 22.0 Å². The molecular weight excluding hydrogens is 643 g/mol. The van der Waals surface area contributed by atoms with E-state index in [2.05, 4.69) is 0 Å². The lowest BCUT2D eigenvalue weighted by Gasteiger charge is -2.56. The van der Waals surface area contributed by atoms with Gasteiger partial charge in [-0.05, 0) is 97.4 Å². The number of nitrogens with zero attached hydrogens (tertiary/aromatic N) is 2. The minimum Gasteiger partial charge on any atom is -0.383 e. The number of alkyl halides is 5. The number of ketones is 1. The summed E-state index contributed by atoms with van der Waals surface area (Å²) in [6, 6.07) is 15.7. The number of benzene rings is 2. The number of halogens is 5. The molecule has 0 bridgehead atoms. The molecule has 0 spiro atoms. The molecule has 1 heterocycles. The number of allylic oxidation sites excluding steroid dienone is 4. The second-order valence-corrected chi connectivity index (χ2v) is 14.5. The Kier molecular flexibility index (Phi) is 8.16. The second kappa shape index (κ2) is 11.9.